The summed E-state index contributed by atoms with van der Waals surface area (Å²) in [6, 6.07) is 15.8. The molecule has 0 unspecified atom stereocenters. The number of carbonyl (C=O) groups excluding carboxylic acids is 1. The number of benzene rings is 2. The highest BCUT2D eigenvalue weighted by Crippen LogP contribution is 2.27. The first-order valence-electron chi connectivity index (χ1n) is 9.16. The Morgan fingerprint density at radius 1 is 1.04 bits per heavy atom. The highest BCUT2D eigenvalue weighted by atomic mass is 32.1. The zero-order valence-corrected chi connectivity index (χ0v) is 16.8. The predicted molar refractivity (Wildman–Crippen MR) is 114 cm³/mol. The third-order valence-electron chi connectivity index (χ3n) is 4.75. The van der Waals surface area contributed by atoms with E-state index in [0.29, 0.717) is 10.7 Å². The van der Waals surface area contributed by atoms with Gasteiger partial charge in [-0.3, -0.25) is 10.1 Å². The number of para-hydroxylation sites is 1. The van der Waals surface area contributed by atoms with E-state index in [0.717, 1.165) is 33.6 Å². The van der Waals surface area contributed by atoms with Crippen molar-refractivity contribution in [1.29, 1.82) is 0 Å². The molecule has 2 aromatic heterocycles. The van der Waals surface area contributed by atoms with Gasteiger partial charge in [0.1, 0.15) is 5.01 Å². The van der Waals surface area contributed by atoms with Gasteiger partial charge in [-0.2, -0.15) is 0 Å². The van der Waals surface area contributed by atoms with Gasteiger partial charge < -0.3 is 0 Å². The molecule has 28 heavy (non-hydrogen) atoms. The number of hydrogen-bond donors (Lipinski definition) is 1. The van der Waals surface area contributed by atoms with E-state index < -0.39 is 0 Å². The maximum absolute atomic E-state index is 13.0. The van der Waals surface area contributed by atoms with Crippen molar-refractivity contribution in [1.82, 2.24) is 15.2 Å². The van der Waals surface area contributed by atoms with E-state index in [9.17, 15) is 4.79 Å². The fourth-order valence-corrected chi connectivity index (χ4v) is 3.70. The van der Waals surface area contributed by atoms with Gasteiger partial charge in [0.05, 0.1) is 16.8 Å². The summed E-state index contributed by atoms with van der Waals surface area (Å²) in [7, 11) is 0. The van der Waals surface area contributed by atoms with Crippen LogP contribution in [0, 0.1) is 13.8 Å². The molecule has 1 N–H and O–H groups in total. The van der Waals surface area contributed by atoms with Crippen LogP contribution in [0.4, 0.5) is 5.13 Å². The number of carbonyl (C=O) groups is 1. The summed E-state index contributed by atoms with van der Waals surface area (Å²) in [6.07, 6.45) is 0.794. The monoisotopic (exact) mass is 388 g/mol. The SMILES string of the molecule is CCc1nnc(NC(=O)c2cc(-c3ccc(C)c(C)c3)nc3ccccc23)s1. The molecule has 4 rings (SSSR count). The zero-order valence-electron chi connectivity index (χ0n) is 16.0. The van der Waals surface area contributed by atoms with Gasteiger partial charge in [-0.25, -0.2) is 4.98 Å². The van der Waals surface area contributed by atoms with Crippen LogP contribution in [0.25, 0.3) is 22.2 Å². The van der Waals surface area contributed by atoms with Gasteiger partial charge >= 0.3 is 0 Å². The fraction of sp³-hybridized carbons (Fsp3) is 0.182. The first-order chi connectivity index (χ1) is 13.5. The molecule has 2 aromatic carbocycles. The third kappa shape index (κ3) is 3.51. The van der Waals surface area contributed by atoms with Crippen LogP contribution in [0.15, 0.2) is 48.5 Å². The van der Waals surface area contributed by atoms with Crippen LogP contribution in [-0.4, -0.2) is 21.1 Å². The van der Waals surface area contributed by atoms with Crippen LogP contribution in [0.3, 0.4) is 0 Å². The molecular weight excluding hydrogens is 368 g/mol. The van der Waals surface area contributed by atoms with Crippen LogP contribution in [0.2, 0.25) is 0 Å². The number of aromatic nitrogens is 3. The third-order valence-corrected chi connectivity index (χ3v) is 5.74. The van der Waals surface area contributed by atoms with Gasteiger partial charge in [0.2, 0.25) is 5.13 Å². The summed E-state index contributed by atoms with van der Waals surface area (Å²) >= 11 is 1.40. The number of anilines is 1. The smallest absolute Gasteiger partial charge is 0.258 e. The lowest BCUT2D eigenvalue weighted by Crippen LogP contribution is -2.13. The Morgan fingerprint density at radius 3 is 2.61 bits per heavy atom. The van der Waals surface area contributed by atoms with Crippen molar-refractivity contribution in [2.75, 3.05) is 5.32 Å². The molecule has 140 valence electrons. The molecule has 0 spiro atoms. The Labute approximate surface area is 167 Å². The fourth-order valence-electron chi connectivity index (χ4n) is 3.02. The van der Waals surface area contributed by atoms with Gasteiger partial charge in [-0.15, -0.1) is 10.2 Å². The van der Waals surface area contributed by atoms with Crippen molar-refractivity contribution in [3.8, 4) is 11.3 Å². The van der Waals surface area contributed by atoms with Crippen LogP contribution >= 0.6 is 11.3 Å². The number of aryl methyl sites for hydroxylation is 3. The summed E-state index contributed by atoms with van der Waals surface area (Å²) in [5, 5.41) is 13.2. The van der Waals surface area contributed by atoms with Crippen molar-refractivity contribution < 1.29 is 4.79 Å². The average Bonchev–Trinajstić information content (AvgIpc) is 3.16. The molecule has 0 aliphatic rings. The number of pyridine rings is 1. The molecule has 0 radical (unpaired) electrons. The lowest BCUT2D eigenvalue weighted by atomic mass is 10.0. The maximum Gasteiger partial charge on any atom is 0.258 e. The van der Waals surface area contributed by atoms with Crippen molar-refractivity contribution in [3.63, 3.8) is 0 Å². The molecule has 0 aliphatic carbocycles. The van der Waals surface area contributed by atoms with E-state index >= 15 is 0 Å². The molecule has 5 nitrogen and oxygen atoms in total. The van der Waals surface area contributed by atoms with Crippen LogP contribution in [0.5, 0.6) is 0 Å². The lowest BCUT2D eigenvalue weighted by molar-refractivity contribution is 0.102. The maximum atomic E-state index is 13.0. The molecule has 0 aliphatic heterocycles. The van der Waals surface area contributed by atoms with E-state index in [4.69, 9.17) is 4.98 Å². The van der Waals surface area contributed by atoms with Gasteiger partial charge in [0, 0.05) is 10.9 Å². The molecule has 0 atom stereocenters. The van der Waals surface area contributed by atoms with E-state index in [1.807, 2.05) is 43.3 Å². The Kier molecular flexibility index (Phi) is 4.88. The van der Waals surface area contributed by atoms with Crippen molar-refractivity contribution >= 4 is 33.3 Å². The first kappa shape index (κ1) is 18.3. The van der Waals surface area contributed by atoms with Crippen molar-refractivity contribution in [3.05, 3.63) is 70.2 Å². The molecular formula is C22H20N4OS. The minimum absolute atomic E-state index is 0.206. The number of nitrogens with zero attached hydrogens (tertiary/aromatic N) is 3. The second-order valence-corrected chi connectivity index (χ2v) is 7.74. The molecule has 0 saturated carbocycles. The molecule has 0 saturated heterocycles. The van der Waals surface area contributed by atoms with Crippen LogP contribution in [0.1, 0.15) is 33.4 Å². The number of fused-ring (bicyclic) bond motifs is 1. The summed E-state index contributed by atoms with van der Waals surface area (Å²) in [6.45, 7) is 6.17. The quantitative estimate of drug-likeness (QED) is 0.523. The summed E-state index contributed by atoms with van der Waals surface area (Å²) < 4.78 is 0. The number of rotatable bonds is 4. The largest absolute Gasteiger partial charge is 0.296 e. The van der Waals surface area contributed by atoms with E-state index in [1.54, 1.807) is 0 Å². The van der Waals surface area contributed by atoms with Crippen molar-refractivity contribution in [2.45, 2.75) is 27.2 Å². The molecule has 0 bridgehead atoms. The topological polar surface area (TPSA) is 67.8 Å². The molecule has 1 amide bonds. The Hall–Kier alpha value is -3.12. The van der Waals surface area contributed by atoms with Crippen LogP contribution < -0.4 is 5.32 Å². The van der Waals surface area contributed by atoms with Crippen LogP contribution in [-0.2, 0) is 6.42 Å². The molecule has 0 fully saturated rings. The zero-order chi connectivity index (χ0) is 19.7. The predicted octanol–water partition coefficient (Wildman–Crippen LogP) is 5.18. The molecule has 2 heterocycles. The number of amides is 1. The molecule has 4 aromatic rings. The van der Waals surface area contributed by atoms with Gasteiger partial charge in [0.25, 0.3) is 5.91 Å². The van der Waals surface area contributed by atoms with E-state index in [2.05, 4.69) is 41.5 Å². The lowest BCUT2D eigenvalue weighted by Gasteiger charge is -2.10. The Balaban J connectivity index is 1.79. The first-order valence-corrected chi connectivity index (χ1v) is 9.98. The van der Waals surface area contributed by atoms with Gasteiger partial charge in [-0.1, -0.05) is 48.6 Å². The standard InChI is InChI=1S/C22H20N4OS/c1-4-20-25-26-22(28-20)24-21(27)17-12-19(15-10-9-13(2)14(3)11-15)23-18-8-6-5-7-16(17)18/h5-12H,4H2,1-3H3,(H,24,26,27). The van der Waals surface area contributed by atoms with Gasteiger partial charge in [0.15, 0.2) is 0 Å². The van der Waals surface area contributed by atoms with Gasteiger partial charge in [-0.05, 0) is 49.6 Å². The summed E-state index contributed by atoms with van der Waals surface area (Å²) in [4.78, 5) is 17.8. The second-order valence-electron chi connectivity index (χ2n) is 6.68. The summed E-state index contributed by atoms with van der Waals surface area (Å²) in [5.41, 5.74) is 5.55. The normalized spacial score (nSPS) is 11.0. The number of hydrogen-bond acceptors (Lipinski definition) is 5. The minimum atomic E-state index is -0.206. The highest BCUT2D eigenvalue weighted by Gasteiger charge is 2.16. The van der Waals surface area contributed by atoms with E-state index in [1.165, 1.54) is 22.5 Å². The van der Waals surface area contributed by atoms with E-state index in [-0.39, 0.29) is 5.91 Å². The Bertz CT molecular complexity index is 1180. The second kappa shape index (κ2) is 7.48. The molecule has 6 heteroatoms. The number of nitrogens with one attached hydrogen (secondary N) is 1. The highest BCUT2D eigenvalue weighted by molar-refractivity contribution is 7.15. The average molecular weight is 388 g/mol. The Morgan fingerprint density at radius 2 is 1.86 bits per heavy atom. The summed E-state index contributed by atoms with van der Waals surface area (Å²) in [5.74, 6) is -0.206. The van der Waals surface area contributed by atoms with Crippen molar-refractivity contribution in [2.24, 2.45) is 0 Å². The minimum Gasteiger partial charge on any atom is -0.296 e.